The van der Waals surface area contributed by atoms with Gasteiger partial charge in [-0.05, 0) is 62.4 Å². The Morgan fingerprint density at radius 3 is 2.47 bits per heavy atom. The smallest absolute Gasteiger partial charge is 0.291 e. The third-order valence-electron chi connectivity index (χ3n) is 6.40. The second-order valence-corrected chi connectivity index (χ2v) is 8.51. The number of carbonyl (C=O) groups is 1. The molecule has 5 heteroatoms. The van der Waals surface area contributed by atoms with Crippen molar-refractivity contribution < 1.29 is 13.9 Å². The average Bonchev–Trinajstić information content (AvgIpc) is 3.33. The Bertz CT molecular complexity index is 1200. The molecule has 154 valence electrons. The van der Waals surface area contributed by atoms with E-state index in [1.54, 1.807) is 4.90 Å². The van der Waals surface area contributed by atoms with Crippen LogP contribution in [-0.2, 0) is 4.74 Å². The van der Waals surface area contributed by atoms with Crippen LogP contribution in [-0.4, -0.2) is 30.1 Å². The molecule has 5 nitrogen and oxygen atoms in total. The van der Waals surface area contributed by atoms with E-state index < -0.39 is 6.04 Å². The van der Waals surface area contributed by atoms with Crippen LogP contribution in [0.4, 0.5) is 0 Å². The first-order valence-corrected chi connectivity index (χ1v) is 10.5. The van der Waals surface area contributed by atoms with Gasteiger partial charge in [0.05, 0.1) is 23.1 Å². The molecule has 2 atom stereocenters. The molecule has 1 saturated heterocycles. The number of aryl methyl sites for hydroxylation is 3. The quantitative estimate of drug-likeness (QED) is 0.649. The maximum atomic E-state index is 13.6. The second kappa shape index (κ2) is 7.10. The molecule has 0 N–H and O–H groups in total. The van der Waals surface area contributed by atoms with Crippen molar-refractivity contribution in [1.29, 1.82) is 0 Å². The Kier molecular flexibility index (Phi) is 4.51. The molecule has 1 amide bonds. The van der Waals surface area contributed by atoms with Gasteiger partial charge in [0.2, 0.25) is 5.76 Å². The summed E-state index contributed by atoms with van der Waals surface area (Å²) in [6, 6.07) is 11.3. The zero-order chi connectivity index (χ0) is 21.0. The number of hydrogen-bond acceptors (Lipinski definition) is 4. The van der Waals surface area contributed by atoms with Crippen LogP contribution in [0.1, 0.15) is 57.3 Å². The number of rotatable bonds is 3. The summed E-state index contributed by atoms with van der Waals surface area (Å²) >= 11 is 0. The van der Waals surface area contributed by atoms with Crippen LogP contribution in [0.2, 0.25) is 0 Å². The zero-order valence-electron chi connectivity index (χ0n) is 17.5. The highest BCUT2D eigenvalue weighted by molar-refractivity contribution is 5.99. The van der Waals surface area contributed by atoms with Gasteiger partial charge in [-0.1, -0.05) is 29.8 Å². The van der Waals surface area contributed by atoms with Crippen LogP contribution < -0.4 is 5.43 Å². The molecule has 0 unspecified atom stereocenters. The monoisotopic (exact) mass is 403 g/mol. The Hall–Kier alpha value is -2.92. The summed E-state index contributed by atoms with van der Waals surface area (Å²) in [5, 5.41) is 0.528. The lowest BCUT2D eigenvalue weighted by molar-refractivity contribution is 0.0486. The van der Waals surface area contributed by atoms with Gasteiger partial charge >= 0.3 is 0 Å². The first-order chi connectivity index (χ1) is 14.4. The van der Waals surface area contributed by atoms with Gasteiger partial charge in [-0.2, -0.15) is 0 Å². The lowest BCUT2D eigenvalue weighted by Gasteiger charge is -2.27. The molecule has 3 heterocycles. The first kappa shape index (κ1) is 19.1. The topological polar surface area (TPSA) is 59.8 Å². The van der Waals surface area contributed by atoms with Crippen molar-refractivity contribution in [2.75, 3.05) is 13.2 Å². The molecule has 30 heavy (non-hydrogen) atoms. The summed E-state index contributed by atoms with van der Waals surface area (Å²) in [6.45, 7) is 7.15. The largest absolute Gasteiger partial charge is 0.450 e. The normalized spacial score (nSPS) is 20.9. The maximum absolute atomic E-state index is 13.6. The molecule has 0 bridgehead atoms. The fourth-order valence-corrected chi connectivity index (χ4v) is 4.57. The van der Waals surface area contributed by atoms with E-state index in [1.165, 1.54) is 0 Å². The Balaban J connectivity index is 1.72. The molecular formula is C25H25NO4. The number of fused-ring (bicyclic) bond motifs is 2. The van der Waals surface area contributed by atoms with E-state index in [0.717, 1.165) is 35.1 Å². The predicted octanol–water partition coefficient (Wildman–Crippen LogP) is 4.44. The number of amides is 1. The van der Waals surface area contributed by atoms with Crippen LogP contribution in [0.3, 0.4) is 0 Å². The number of carbonyl (C=O) groups excluding carboxylic acids is 1. The highest BCUT2D eigenvalue weighted by Crippen LogP contribution is 2.39. The summed E-state index contributed by atoms with van der Waals surface area (Å²) in [7, 11) is 0. The minimum absolute atomic E-state index is 0.00906. The molecule has 2 aliphatic heterocycles. The van der Waals surface area contributed by atoms with Gasteiger partial charge in [0.15, 0.2) is 5.43 Å². The molecule has 1 fully saturated rings. The van der Waals surface area contributed by atoms with Crippen molar-refractivity contribution in [2.45, 2.75) is 45.8 Å². The fraction of sp³-hybridized carbons (Fsp3) is 0.360. The summed E-state index contributed by atoms with van der Waals surface area (Å²) < 4.78 is 11.9. The van der Waals surface area contributed by atoms with E-state index in [2.05, 4.69) is 0 Å². The van der Waals surface area contributed by atoms with E-state index >= 15 is 0 Å². The Morgan fingerprint density at radius 1 is 1.03 bits per heavy atom. The molecular weight excluding hydrogens is 378 g/mol. The number of benzene rings is 2. The summed E-state index contributed by atoms with van der Waals surface area (Å²) in [6.07, 6.45) is 1.90. The average molecular weight is 403 g/mol. The first-order valence-electron chi connectivity index (χ1n) is 10.5. The molecule has 0 spiro atoms. The highest BCUT2D eigenvalue weighted by Gasteiger charge is 2.43. The van der Waals surface area contributed by atoms with Crippen LogP contribution >= 0.6 is 0 Å². The van der Waals surface area contributed by atoms with Crippen molar-refractivity contribution >= 4 is 16.9 Å². The molecule has 0 radical (unpaired) electrons. The molecule has 3 aromatic rings. The Labute approximate surface area is 175 Å². The van der Waals surface area contributed by atoms with Gasteiger partial charge < -0.3 is 14.1 Å². The minimum atomic E-state index is -0.459. The van der Waals surface area contributed by atoms with Crippen molar-refractivity contribution in [2.24, 2.45) is 0 Å². The lowest BCUT2D eigenvalue weighted by Crippen LogP contribution is -2.36. The highest BCUT2D eigenvalue weighted by atomic mass is 16.5. The number of ether oxygens (including phenoxy) is 1. The van der Waals surface area contributed by atoms with Crippen molar-refractivity contribution in [1.82, 2.24) is 4.90 Å². The molecule has 2 aromatic carbocycles. The Morgan fingerprint density at radius 2 is 1.77 bits per heavy atom. The van der Waals surface area contributed by atoms with E-state index in [9.17, 15) is 9.59 Å². The number of hydrogen-bond donors (Lipinski definition) is 0. The molecule has 0 aliphatic carbocycles. The summed E-state index contributed by atoms with van der Waals surface area (Å²) in [5.41, 5.74) is 4.90. The van der Waals surface area contributed by atoms with Crippen molar-refractivity contribution in [3.63, 3.8) is 0 Å². The molecule has 5 rings (SSSR count). The molecule has 2 aliphatic rings. The van der Waals surface area contributed by atoms with Gasteiger partial charge in [-0.25, -0.2) is 0 Å². The van der Waals surface area contributed by atoms with Gasteiger partial charge in [0.1, 0.15) is 5.58 Å². The maximum Gasteiger partial charge on any atom is 0.291 e. The number of nitrogens with zero attached hydrogens (tertiary/aromatic N) is 1. The van der Waals surface area contributed by atoms with Crippen LogP contribution in [0, 0.1) is 20.8 Å². The van der Waals surface area contributed by atoms with Crippen LogP contribution in [0.25, 0.3) is 11.0 Å². The second-order valence-electron chi connectivity index (χ2n) is 8.51. The lowest BCUT2D eigenvalue weighted by atomic mass is 9.96. The summed E-state index contributed by atoms with van der Waals surface area (Å²) in [5.74, 6) is -0.0670. The van der Waals surface area contributed by atoms with Gasteiger partial charge in [0, 0.05) is 13.2 Å². The van der Waals surface area contributed by atoms with Gasteiger partial charge in [-0.3, -0.25) is 9.59 Å². The third-order valence-corrected chi connectivity index (χ3v) is 6.40. The predicted molar refractivity (Wildman–Crippen MR) is 115 cm³/mol. The van der Waals surface area contributed by atoms with Gasteiger partial charge in [-0.15, -0.1) is 0 Å². The van der Waals surface area contributed by atoms with Gasteiger partial charge in [0.25, 0.3) is 5.91 Å². The third kappa shape index (κ3) is 2.96. The van der Waals surface area contributed by atoms with E-state index in [0.29, 0.717) is 29.7 Å². The van der Waals surface area contributed by atoms with Crippen LogP contribution in [0.15, 0.2) is 45.6 Å². The van der Waals surface area contributed by atoms with E-state index in [1.807, 2.05) is 57.2 Å². The van der Waals surface area contributed by atoms with Crippen molar-refractivity contribution in [3.05, 3.63) is 80.2 Å². The molecule has 0 saturated carbocycles. The molecule has 1 aromatic heterocycles. The van der Waals surface area contributed by atoms with E-state index in [-0.39, 0.29) is 23.2 Å². The van der Waals surface area contributed by atoms with Crippen LogP contribution in [0.5, 0.6) is 0 Å². The zero-order valence-corrected chi connectivity index (χ0v) is 17.5. The van der Waals surface area contributed by atoms with E-state index in [4.69, 9.17) is 9.15 Å². The van der Waals surface area contributed by atoms with Crippen molar-refractivity contribution in [3.8, 4) is 0 Å². The minimum Gasteiger partial charge on any atom is -0.450 e. The standard InChI is InChI=1S/C25H25NO4/c1-14-6-8-17(9-7-14)22-21-23(27)19-11-15(2)16(3)12-20(19)30-24(21)25(28)26(22)13-18-5-4-10-29-18/h6-9,11-12,18,22H,4-5,10,13H2,1-3H3/t18-,22-/m0/s1. The summed E-state index contributed by atoms with van der Waals surface area (Å²) in [4.78, 5) is 28.8. The fourth-order valence-electron chi connectivity index (χ4n) is 4.57. The SMILES string of the molecule is Cc1ccc([C@H]2c3c(oc4cc(C)c(C)cc4c3=O)C(=O)N2C[C@@H]2CCCO2)cc1.